The highest BCUT2D eigenvalue weighted by Gasteiger charge is 2.29. The largest absolute Gasteiger partial charge is 0.481 e. The number of amides is 1. The highest BCUT2D eigenvalue weighted by molar-refractivity contribution is 5.79. The molecule has 1 aliphatic carbocycles. The van der Waals surface area contributed by atoms with E-state index in [-0.39, 0.29) is 18.9 Å². The Morgan fingerprint density at radius 1 is 0.935 bits per heavy atom. The third kappa shape index (κ3) is 4.61. The maximum atomic E-state index is 12.6. The average Bonchev–Trinajstić information content (AvgIpc) is 3.07. The molecule has 1 atom stereocenters. The van der Waals surface area contributed by atoms with E-state index >= 15 is 0 Å². The number of nitrogens with one attached hydrogen (secondary N) is 1. The third-order valence-electron chi connectivity index (χ3n) is 5.81. The van der Waals surface area contributed by atoms with Crippen LogP contribution in [0.25, 0.3) is 11.1 Å². The number of carbonyl (C=O) groups is 2. The Kier molecular flexibility index (Phi) is 6.03. The first kappa shape index (κ1) is 20.7. The molecule has 158 valence electrons. The quantitative estimate of drug-likeness (QED) is 0.574. The van der Waals surface area contributed by atoms with Crippen molar-refractivity contribution in [1.29, 1.82) is 0 Å². The number of hydrogen-bond donors (Lipinski definition) is 2. The van der Waals surface area contributed by atoms with Crippen molar-refractivity contribution in [3.8, 4) is 11.1 Å². The molecule has 0 saturated heterocycles. The maximum absolute atomic E-state index is 12.6. The Bertz CT molecular complexity index is 1060. The van der Waals surface area contributed by atoms with Crippen molar-refractivity contribution in [2.24, 2.45) is 0 Å². The zero-order valence-electron chi connectivity index (χ0n) is 17.4. The SMILES string of the molecule is Cc1ccccc1C[C@@H](CC(=O)O)NC(=O)OCC1c2ccccc2-c2ccccc21. The zero-order valence-corrected chi connectivity index (χ0v) is 17.4. The van der Waals surface area contributed by atoms with Crippen molar-refractivity contribution >= 4 is 12.1 Å². The number of carboxylic acids is 1. The second kappa shape index (κ2) is 9.04. The van der Waals surface area contributed by atoms with Crippen LogP contribution in [-0.4, -0.2) is 29.8 Å². The van der Waals surface area contributed by atoms with E-state index in [0.29, 0.717) is 6.42 Å². The second-order valence-electron chi connectivity index (χ2n) is 7.90. The van der Waals surface area contributed by atoms with E-state index in [9.17, 15) is 14.7 Å². The predicted octanol–water partition coefficient (Wildman–Crippen LogP) is 4.92. The van der Waals surface area contributed by atoms with Crippen molar-refractivity contribution < 1.29 is 19.4 Å². The van der Waals surface area contributed by atoms with Crippen LogP contribution < -0.4 is 5.32 Å². The van der Waals surface area contributed by atoms with Gasteiger partial charge in [0.1, 0.15) is 6.61 Å². The fourth-order valence-electron chi connectivity index (χ4n) is 4.30. The average molecular weight is 415 g/mol. The molecule has 0 saturated carbocycles. The Labute approximate surface area is 181 Å². The summed E-state index contributed by atoms with van der Waals surface area (Å²) in [6.07, 6.45) is -0.330. The van der Waals surface area contributed by atoms with E-state index in [1.807, 2.05) is 55.5 Å². The standard InChI is InChI=1S/C26H25NO4/c1-17-8-2-3-9-18(17)14-19(15-25(28)29)27-26(30)31-16-24-22-12-6-4-10-20(22)21-11-5-7-13-23(21)24/h2-13,19,24H,14-16H2,1H3,(H,27,30)(H,28,29)/t19-/m0/s1. The van der Waals surface area contributed by atoms with Crippen molar-refractivity contribution in [1.82, 2.24) is 5.32 Å². The monoisotopic (exact) mass is 415 g/mol. The lowest BCUT2D eigenvalue weighted by molar-refractivity contribution is -0.137. The number of aryl methyl sites for hydroxylation is 1. The smallest absolute Gasteiger partial charge is 0.407 e. The van der Waals surface area contributed by atoms with Gasteiger partial charge in [-0.3, -0.25) is 4.79 Å². The Hall–Kier alpha value is -3.60. The molecule has 0 heterocycles. The topological polar surface area (TPSA) is 75.6 Å². The Balaban J connectivity index is 1.44. The van der Waals surface area contributed by atoms with E-state index in [2.05, 4.69) is 29.6 Å². The lowest BCUT2D eigenvalue weighted by Crippen LogP contribution is -2.39. The molecule has 5 nitrogen and oxygen atoms in total. The van der Waals surface area contributed by atoms with E-state index in [1.54, 1.807) is 0 Å². The summed E-state index contributed by atoms with van der Waals surface area (Å²) in [5.41, 5.74) is 6.67. The van der Waals surface area contributed by atoms with Gasteiger partial charge in [-0.2, -0.15) is 0 Å². The molecule has 0 radical (unpaired) electrons. The van der Waals surface area contributed by atoms with Gasteiger partial charge in [-0.25, -0.2) is 4.79 Å². The van der Waals surface area contributed by atoms with E-state index in [4.69, 9.17) is 4.74 Å². The summed E-state index contributed by atoms with van der Waals surface area (Å²) < 4.78 is 5.58. The summed E-state index contributed by atoms with van der Waals surface area (Å²) in [5, 5.41) is 12.0. The van der Waals surface area contributed by atoms with Crippen LogP contribution in [-0.2, 0) is 16.0 Å². The molecule has 31 heavy (non-hydrogen) atoms. The Morgan fingerprint density at radius 3 is 2.13 bits per heavy atom. The van der Waals surface area contributed by atoms with Gasteiger partial charge in [0, 0.05) is 12.0 Å². The van der Waals surface area contributed by atoms with Crippen LogP contribution in [0.2, 0.25) is 0 Å². The molecule has 1 aliphatic rings. The fourth-order valence-corrected chi connectivity index (χ4v) is 4.30. The van der Waals surface area contributed by atoms with Crippen molar-refractivity contribution in [2.45, 2.75) is 31.7 Å². The number of hydrogen-bond acceptors (Lipinski definition) is 3. The number of aliphatic carboxylic acids is 1. The van der Waals surface area contributed by atoms with Gasteiger partial charge in [0.15, 0.2) is 0 Å². The number of ether oxygens (including phenoxy) is 1. The summed E-state index contributed by atoms with van der Waals surface area (Å²) in [4.78, 5) is 23.9. The highest BCUT2D eigenvalue weighted by atomic mass is 16.5. The van der Waals surface area contributed by atoms with Gasteiger partial charge in [0.2, 0.25) is 0 Å². The van der Waals surface area contributed by atoms with E-state index in [1.165, 1.54) is 0 Å². The fraction of sp³-hybridized carbons (Fsp3) is 0.231. The summed E-state index contributed by atoms with van der Waals surface area (Å²) in [7, 11) is 0. The number of rotatable bonds is 7. The molecule has 0 aromatic heterocycles. The van der Waals surface area contributed by atoms with Crippen LogP contribution >= 0.6 is 0 Å². The molecule has 0 bridgehead atoms. The van der Waals surface area contributed by atoms with Gasteiger partial charge in [-0.1, -0.05) is 72.8 Å². The third-order valence-corrected chi connectivity index (χ3v) is 5.81. The van der Waals surface area contributed by atoms with Crippen LogP contribution in [0.15, 0.2) is 72.8 Å². The number of benzene rings is 3. The van der Waals surface area contributed by atoms with Crippen LogP contribution in [0, 0.1) is 6.92 Å². The predicted molar refractivity (Wildman–Crippen MR) is 119 cm³/mol. The molecular formula is C26H25NO4. The molecule has 5 heteroatoms. The summed E-state index contributed by atoms with van der Waals surface area (Å²) >= 11 is 0. The molecule has 3 aromatic rings. The van der Waals surface area contributed by atoms with Crippen LogP contribution in [0.5, 0.6) is 0 Å². The van der Waals surface area contributed by atoms with Crippen molar-refractivity contribution in [3.05, 3.63) is 95.1 Å². The molecule has 2 N–H and O–H groups in total. The Morgan fingerprint density at radius 2 is 1.52 bits per heavy atom. The molecule has 0 aliphatic heterocycles. The summed E-state index contributed by atoms with van der Waals surface area (Å²) in [6, 6.07) is 23.5. The number of fused-ring (bicyclic) bond motifs is 3. The van der Waals surface area contributed by atoms with E-state index < -0.39 is 18.1 Å². The zero-order chi connectivity index (χ0) is 21.8. The molecule has 4 rings (SSSR count). The number of alkyl carbamates (subject to hydrolysis) is 1. The molecule has 0 fully saturated rings. The molecule has 1 amide bonds. The van der Waals surface area contributed by atoms with Crippen LogP contribution in [0.1, 0.15) is 34.6 Å². The van der Waals surface area contributed by atoms with Crippen LogP contribution in [0.4, 0.5) is 4.79 Å². The minimum atomic E-state index is -0.961. The van der Waals surface area contributed by atoms with Gasteiger partial charge in [0.25, 0.3) is 0 Å². The van der Waals surface area contributed by atoms with Gasteiger partial charge in [-0.05, 0) is 46.7 Å². The summed E-state index contributed by atoms with van der Waals surface area (Å²) in [5.74, 6) is -0.995. The van der Waals surface area contributed by atoms with Gasteiger partial charge >= 0.3 is 12.1 Å². The number of carbonyl (C=O) groups excluding carboxylic acids is 1. The van der Waals surface area contributed by atoms with Crippen molar-refractivity contribution in [2.75, 3.05) is 6.61 Å². The molecular weight excluding hydrogens is 390 g/mol. The lowest BCUT2D eigenvalue weighted by atomic mass is 9.98. The number of carboxylic acid groups (broad SMARTS) is 1. The van der Waals surface area contributed by atoms with E-state index in [0.717, 1.165) is 33.4 Å². The molecule has 0 unspecified atom stereocenters. The maximum Gasteiger partial charge on any atom is 0.407 e. The van der Waals surface area contributed by atoms with Gasteiger partial charge in [0.05, 0.1) is 6.42 Å². The van der Waals surface area contributed by atoms with Gasteiger partial charge in [-0.15, -0.1) is 0 Å². The van der Waals surface area contributed by atoms with Crippen molar-refractivity contribution in [3.63, 3.8) is 0 Å². The first-order chi connectivity index (χ1) is 15.0. The minimum absolute atomic E-state index is 0.0348. The molecule has 0 spiro atoms. The van der Waals surface area contributed by atoms with Gasteiger partial charge < -0.3 is 15.2 Å². The highest BCUT2D eigenvalue weighted by Crippen LogP contribution is 2.44. The first-order valence-corrected chi connectivity index (χ1v) is 10.4. The lowest BCUT2D eigenvalue weighted by Gasteiger charge is -2.19. The summed E-state index contributed by atoms with van der Waals surface area (Å²) in [6.45, 7) is 2.17. The minimum Gasteiger partial charge on any atom is -0.481 e. The normalized spacial score (nSPS) is 13.2. The second-order valence-corrected chi connectivity index (χ2v) is 7.90. The first-order valence-electron chi connectivity index (χ1n) is 10.4. The molecule has 3 aromatic carbocycles. The van der Waals surface area contributed by atoms with Crippen LogP contribution in [0.3, 0.4) is 0 Å².